The van der Waals surface area contributed by atoms with E-state index in [9.17, 15) is 24.9 Å². The van der Waals surface area contributed by atoms with Gasteiger partial charge >= 0.3 is 5.69 Å². The fourth-order valence-corrected chi connectivity index (χ4v) is 2.65. The van der Waals surface area contributed by atoms with E-state index in [1.165, 1.54) is 47.6 Å². The first-order chi connectivity index (χ1) is 12.8. The van der Waals surface area contributed by atoms with Crippen LogP contribution in [0.5, 0.6) is 11.5 Å². The quantitative estimate of drug-likeness (QED) is 0.340. The SMILES string of the molecule is Cn1c(=O)c2c(nc(NN=Cc3ccc(O)cc3O)n2CCO)n(C)c1=O. The number of imidazole rings is 1. The number of nitrogens with one attached hydrogen (secondary N) is 1. The fraction of sp³-hybridized carbons (Fsp3) is 0.250. The lowest BCUT2D eigenvalue weighted by Gasteiger charge is -2.07. The molecule has 142 valence electrons. The number of hydrogen-bond donors (Lipinski definition) is 4. The van der Waals surface area contributed by atoms with Crippen LogP contribution < -0.4 is 16.7 Å². The highest BCUT2D eigenvalue weighted by molar-refractivity contribution is 5.84. The number of anilines is 1. The van der Waals surface area contributed by atoms with Gasteiger partial charge in [0.05, 0.1) is 12.8 Å². The number of benzene rings is 1. The number of rotatable bonds is 5. The van der Waals surface area contributed by atoms with Gasteiger partial charge in [-0.1, -0.05) is 0 Å². The van der Waals surface area contributed by atoms with Crippen molar-refractivity contribution in [1.82, 2.24) is 18.7 Å². The highest BCUT2D eigenvalue weighted by Gasteiger charge is 2.18. The van der Waals surface area contributed by atoms with Crippen molar-refractivity contribution in [3.05, 3.63) is 44.6 Å². The Hall–Kier alpha value is -3.60. The summed E-state index contributed by atoms with van der Waals surface area (Å²) in [7, 11) is 2.85. The smallest absolute Gasteiger partial charge is 0.332 e. The predicted molar refractivity (Wildman–Crippen MR) is 98.3 cm³/mol. The van der Waals surface area contributed by atoms with Gasteiger partial charge in [-0.15, -0.1) is 0 Å². The van der Waals surface area contributed by atoms with Crippen molar-refractivity contribution >= 4 is 23.3 Å². The third-order valence-electron chi connectivity index (χ3n) is 4.05. The molecular formula is C16H18N6O5. The lowest BCUT2D eigenvalue weighted by molar-refractivity contribution is 0.278. The Kier molecular flexibility index (Phi) is 4.69. The molecule has 3 rings (SSSR count). The van der Waals surface area contributed by atoms with Gasteiger partial charge < -0.3 is 19.9 Å². The number of aromatic hydroxyl groups is 2. The van der Waals surface area contributed by atoms with Gasteiger partial charge in [0.1, 0.15) is 11.5 Å². The molecule has 11 nitrogen and oxygen atoms in total. The van der Waals surface area contributed by atoms with Gasteiger partial charge in [0.2, 0.25) is 5.95 Å². The summed E-state index contributed by atoms with van der Waals surface area (Å²) in [5.41, 5.74) is 2.23. The Morgan fingerprint density at radius 2 is 1.96 bits per heavy atom. The van der Waals surface area contributed by atoms with Crippen LogP contribution in [0.2, 0.25) is 0 Å². The molecular weight excluding hydrogens is 356 g/mol. The molecule has 3 aromatic rings. The summed E-state index contributed by atoms with van der Waals surface area (Å²) < 4.78 is 3.61. The maximum absolute atomic E-state index is 12.5. The van der Waals surface area contributed by atoms with E-state index in [0.29, 0.717) is 5.56 Å². The Bertz CT molecular complexity index is 1160. The van der Waals surface area contributed by atoms with Crippen molar-refractivity contribution in [1.29, 1.82) is 0 Å². The molecule has 27 heavy (non-hydrogen) atoms. The molecule has 2 aromatic heterocycles. The Morgan fingerprint density at radius 3 is 2.63 bits per heavy atom. The van der Waals surface area contributed by atoms with Gasteiger partial charge in [0, 0.05) is 32.3 Å². The van der Waals surface area contributed by atoms with Crippen molar-refractivity contribution in [2.75, 3.05) is 12.0 Å². The van der Waals surface area contributed by atoms with Crippen LogP contribution in [-0.2, 0) is 20.6 Å². The van der Waals surface area contributed by atoms with Crippen LogP contribution in [-0.4, -0.2) is 46.8 Å². The number of fused-ring (bicyclic) bond motifs is 1. The molecule has 0 spiro atoms. The molecule has 0 atom stereocenters. The first kappa shape index (κ1) is 18.2. The third-order valence-corrected chi connectivity index (χ3v) is 4.05. The molecule has 0 aliphatic heterocycles. The zero-order valence-corrected chi connectivity index (χ0v) is 14.6. The number of phenolic OH excluding ortho intramolecular Hbond substituents is 2. The number of aromatic nitrogens is 4. The average molecular weight is 374 g/mol. The second-order valence-electron chi connectivity index (χ2n) is 5.80. The Labute approximate surface area is 152 Å². The molecule has 0 bridgehead atoms. The molecule has 0 saturated carbocycles. The van der Waals surface area contributed by atoms with Crippen molar-refractivity contribution in [2.45, 2.75) is 6.54 Å². The first-order valence-corrected chi connectivity index (χ1v) is 7.93. The summed E-state index contributed by atoms with van der Waals surface area (Å²) in [6, 6.07) is 4.02. The first-order valence-electron chi connectivity index (χ1n) is 7.93. The van der Waals surface area contributed by atoms with E-state index >= 15 is 0 Å². The minimum atomic E-state index is -0.540. The van der Waals surface area contributed by atoms with Gasteiger partial charge in [-0.25, -0.2) is 10.2 Å². The van der Waals surface area contributed by atoms with Crippen molar-refractivity contribution < 1.29 is 15.3 Å². The maximum atomic E-state index is 12.5. The van der Waals surface area contributed by atoms with Crippen LogP contribution in [0.15, 0.2) is 32.9 Å². The second-order valence-corrected chi connectivity index (χ2v) is 5.80. The highest BCUT2D eigenvalue weighted by atomic mass is 16.3. The summed E-state index contributed by atoms with van der Waals surface area (Å²) in [5.74, 6) is -0.105. The molecule has 0 unspecified atom stereocenters. The minimum absolute atomic E-state index is 0.0618. The number of hydrazone groups is 1. The standard InChI is InChI=1S/C16H18N6O5/c1-20-13-12(14(26)21(2)16(20)27)22(5-6-23)15(18-13)19-17-8-9-3-4-10(24)7-11(9)25/h3-4,7-8,23-25H,5-6H2,1-2H3,(H,18,19). The molecule has 4 N–H and O–H groups in total. The number of hydrogen-bond acceptors (Lipinski definition) is 8. The summed E-state index contributed by atoms with van der Waals surface area (Å²) in [6.07, 6.45) is 1.30. The number of aliphatic hydroxyl groups excluding tert-OH is 1. The van der Waals surface area contributed by atoms with E-state index in [0.717, 1.165) is 4.57 Å². The molecule has 0 aliphatic carbocycles. The largest absolute Gasteiger partial charge is 0.508 e. The normalized spacial score (nSPS) is 11.5. The van der Waals surface area contributed by atoms with Gasteiger partial charge in [-0.2, -0.15) is 10.1 Å². The van der Waals surface area contributed by atoms with Crippen LogP contribution in [0.4, 0.5) is 5.95 Å². The van der Waals surface area contributed by atoms with Crippen LogP contribution in [0.25, 0.3) is 11.2 Å². The lowest BCUT2D eigenvalue weighted by Crippen LogP contribution is -2.37. The number of phenols is 2. The summed E-state index contributed by atoms with van der Waals surface area (Å²) in [4.78, 5) is 28.8. The minimum Gasteiger partial charge on any atom is -0.508 e. The van der Waals surface area contributed by atoms with Crippen LogP contribution in [0.1, 0.15) is 5.56 Å². The molecule has 11 heteroatoms. The molecule has 0 amide bonds. The molecule has 0 fully saturated rings. The van der Waals surface area contributed by atoms with Crippen LogP contribution >= 0.6 is 0 Å². The Balaban J connectivity index is 2.06. The zero-order valence-electron chi connectivity index (χ0n) is 14.6. The van der Waals surface area contributed by atoms with E-state index in [2.05, 4.69) is 15.5 Å². The number of aryl methyl sites for hydroxylation is 1. The monoisotopic (exact) mass is 374 g/mol. The number of aliphatic hydroxyl groups is 1. The topological polar surface area (TPSA) is 147 Å². The van der Waals surface area contributed by atoms with Crippen molar-refractivity contribution in [3.8, 4) is 11.5 Å². The van der Waals surface area contributed by atoms with E-state index < -0.39 is 11.2 Å². The van der Waals surface area contributed by atoms with E-state index in [1.54, 1.807) is 0 Å². The van der Waals surface area contributed by atoms with E-state index in [4.69, 9.17) is 0 Å². The highest BCUT2D eigenvalue weighted by Crippen LogP contribution is 2.21. The fourth-order valence-electron chi connectivity index (χ4n) is 2.65. The summed E-state index contributed by atoms with van der Waals surface area (Å²) >= 11 is 0. The zero-order chi connectivity index (χ0) is 19.7. The summed E-state index contributed by atoms with van der Waals surface area (Å²) in [6.45, 7) is -0.194. The average Bonchev–Trinajstić information content (AvgIpc) is 2.99. The maximum Gasteiger partial charge on any atom is 0.332 e. The molecule has 2 heterocycles. The molecule has 0 radical (unpaired) electrons. The number of nitrogens with zero attached hydrogens (tertiary/aromatic N) is 5. The van der Waals surface area contributed by atoms with Gasteiger partial charge in [-0.05, 0) is 12.1 Å². The van der Waals surface area contributed by atoms with Crippen molar-refractivity contribution in [2.24, 2.45) is 19.2 Å². The molecule has 0 saturated heterocycles. The Morgan fingerprint density at radius 1 is 1.22 bits per heavy atom. The van der Waals surface area contributed by atoms with E-state index in [1.807, 2.05) is 0 Å². The van der Waals surface area contributed by atoms with Gasteiger partial charge in [0.25, 0.3) is 5.56 Å². The van der Waals surface area contributed by atoms with Gasteiger partial charge in [0.15, 0.2) is 11.2 Å². The predicted octanol–water partition coefficient (Wildman–Crippen LogP) is -0.717. The van der Waals surface area contributed by atoms with E-state index in [-0.39, 0.29) is 41.8 Å². The summed E-state index contributed by atoms with van der Waals surface area (Å²) in [5, 5.41) is 32.3. The van der Waals surface area contributed by atoms with Crippen LogP contribution in [0.3, 0.4) is 0 Å². The second kappa shape index (κ2) is 6.96. The molecule has 1 aromatic carbocycles. The third kappa shape index (κ3) is 3.15. The lowest BCUT2D eigenvalue weighted by atomic mass is 10.2. The van der Waals surface area contributed by atoms with Crippen LogP contribution in [0, 0.1) is 0 Å². The molecule has 0 aliphatic rings. The van der Waals surface area contributed by atoms with Gasteiger partial charge in [-0.3, -0.25) is 13.9 Å². The van der Waals surface area contributed by atoms with Crippen molar-refractivity contribution in [3.63, 3.8) is 0 Å².